The Morgan fingerprint density at radius 3 is 1.45 bits per heavy atom. The van der Waals surface area contributed by atoms with E-state index in [0.29, 0.717) is 0 Å². The van der Waals surface area contributed by atoms with E-state index in [1.165, 1.54) is 11.4 Å². The molecule has 1 aromatic heterocycles. The molecule has 0 saturated heterocycles. The van der Waals surface area contributed by atoms with Crippen LogP contribution in [0, 0.1) is 0 Å². The molecule has 0 aliphatic rings. The van der Waals surface area contributed by atoms with E-state index in [0.717, 1.165) is 48.7 Å². The predicted molar refractivity (Wildman–Crippen MR) is 123 cm³/mol. The topological polar surface area (TPSA) is 45.2 Å². The van der Waals surface area contributed by atoms with Crippen LogP contribution in [0.25, 0.3) is 22.5 Å². The summed E-state index contributed by atoms with van der Waals surface area (Å²) in [6.07, 6.45) is 0. The number of benzene rings is 2. The van der Waals surface area contributed by atoms with Crippen LogP contribution in [0.2, 0.25) is 5.28 Å². The van der Waals surface area contributed by atoms with E-state index in [9.17, 15) is 0 Å². The van der Waals surface area contributed by atoms with Gasteiger partial charge in [0.2, 0.25) is 5.28 Å². The Balaban J connectivity index is 1.98. The fourth-order valence-electron chi connectivity index (χ4n) is 3.54. The van der Waals surface area contributed by atoms with E-state index in [1.807, 2.05) is 0 Å². The van der Waals surface area contributed by atoms with Gasteiger partial charge in [0.25, 0.3) is 0 Å². The number of anilines is 2. The minimum Gasteiger partial charge on any atom is -0.372 e. The van der Waals surface area contributed by atoms with Crippen molar-refractivity contribution in [2.24, 2.45) is 0 Å². The predicted octanol–water partition coefficient (Wildman–Crippen LogP) is 5.55. The fourth-order valence-corrected chi connectivity index (χ4v) is 3.66. The molecular formula is C23H28ClN5. The molecule has 3 aromatic rings. The highest BCUT2D eigenvalue weighted by atomic mass is 35.5. The van der Waals surface area contributed by atoms with Crippen molar-refractivity contribution < 1.29 is 0 Å². The van der Waals surface area contributed by atoms with Gasteiger partial charge < -0.3 is 9.80 Å². The molecule has 0 aliphatic carbocycles. The minimum atomic E-state index is 0.149. The van der Waals surface area contributed by atoms with Gasteiger partial charge in [-0.05, 0) is 63.6 Å². The van der Waals surface area contributed by atoms with Crippen LogP contribution in [0.3, 0.4) is 0 Å². The SMILES string of the molecule is CCN(CC)c1ccc(-c2nnc(Cl)nc2-c2ccc(N(CC)CC)cc2)cc1. The number of hydrogen-bond donors (Lipinski definition) is 0. The second kappa shape index (κ2) is 9.70. The molecule has 1 heterocycles. The average Bonchev–Trinajstić information content (AvgIpc) is 2.76. The molecule has 3 rings (SSSR count). The lowest BCUT2D eigenvalue weighted by atomic mass is 10.0. The fraction of sp³-hybridized carbons (Fsp3) is 0.348. The highest BCUT2D eigenvalue weighted by Crippen LogP contribution is 2.31. The van der Waals surface area contributed by atoms with Gasteiger partial charge >= 0.3 is 0 Å². The molecule has 5 nitrogen and oxygen atoms in total. The van der Waals surface area contributed by atoms with E-state index < -0.39 is 0 Å². The molecule has 0 fully saturated rings. The molecule has 0 saturated carbocycles. The molecule has 152 valence electrons. The summed E-state index contributed by atoms with van der Waals surface area (Å²) in [7, 11) is 0. The zero-order valence-corrected chi connectivity index (χ0v) is 18.3. The summed E-state index contributed by atoms with van der Waals surface area (Å²) < 4.78 is 0. The summed E-state index contributed by atoms with van der Waals surface area (Å²) in [6.45, 7) is 12.5. The molecule has 2 aromatic carbocycles. The standard InChI is InChI=1S/C23H28ClN5/c1-5-28(6-2)19-13-9-17(10-14-19)21-22(26-27-23(24)25-21)18-11-15-20(16-12-18)29(7-3)8-4/h9-16H,5-8H2,1-4H3. The summed E-state index contributed by atoms with van der Waals surface area (Å²) >= 11 is 6.09. The van der Waals surface area contributed by atoms with Gasteiger partial charge in [-0.25, -0.2) is 4.98 Å². The van der Waals surface area contributed by atoms with Crippen molar-refractivity contribution >= 4 is 23.0 Å². The minimum absolute atomic E-state index is 0.149. The van der Waals surface area contributed by atoms with Gasteiger partial charge in [-0.1, -0.05) is 24.3 Å². The molecule has 0 unspecified atom stereocenters. The lowest BCUT2D eigenvalue weighted by Gasteiger charge is -2.21. The number of aromatic nitrogens is 3. The molecule has 0 radical (unpaired) electrons. The number of nitrogens with zero attached hydrogens (tertiary/aromatic N) is 5. The van der Waals surface area contributed by atoms with Crippen molar-refractivity contribution in [2.75, 3.05) is 36.0 Å². The Morgan fingerprint density at radius 1 is 0.621 bits per heavy atom. The lowest BCUT2D eigenvalue weighted by molar-refractivity contribution is 0.866. The van der Waals surface area contributed by atoms with Gasteiger partial charge in [0.15, 0.2) is 0 Å². The van der Waals surface area contributed by atoms with Gasteiger partial charge in [-0.15, -0.1) is 10.2 Å². The Bertz CT molecular complexity index is 917. The average molecular weight is 410 g/mol. The zero-order valence-electron chi connectivity index (χ0n) is 17.6. The van der Waals surface area contributed by atoms with Crippen LogP contribution < -0.4 is 9.80 Å². The third-order valence-electron chi connectivity index (χ3n) is 5.20. The first-order valence-electron chi connectivity index (χ1n) is 10.2. The second-order valence-corrected chi connectivity index (χ2v) is 7.05. The van der Waals surface area contributed by atoms with Gasteiger partial charge in [-0.2, -0.15) is 0 Å². The number of halogens is 1. The Kier molecular flexibility index (Phi) is 7.04. The first kappa shape index (κ1) is 21.1. The second-order valence-electron chi connectivity index (χ2n) is 6.72. The third-order valence-corrected chi connectivity index (χ3v) is 5.36. The van der Waals surface area contributed by atoms with E-state index in [1.54, 1.807) is 0 Å². The van der Waals surface area contributed by atoms with Gasteiger partial charge in [0, 0.05) is 48.7 Å². The molecule has 6 heteroatoms. The Hall–Kier alpha value is -2.66. The molecule has 0 atom stereocenters. The molecule has 0 N–H and O–H groups in total. The Morgan fingerprint density at radius 2 is 1.03 bits per heavy atom. The summed E-state index contributed by atoms with van der Waals surface area (Å²) in [5, 5.41) is 8.50. The largest absolute Gasteiger partial charge is 0.372 e. The summed E-state index contributed by atoms with van der Waals surface area (Å²) in [5.74, 6) is 0. The van der Waals surface area contributed by atoms with Crippen LogP contribution in [0.4, 0.5) is 11.4 Å². The van der Waals surface area contributed by atoms with E-state index >= 15 is 0 Å². The maximum atomic E-state index is 6.09. The van der Waals surface area contributed by atoms with Gasteiger partial charge in [-0.3, -0.25) is 0 Å². The van der Waals surface area contributed by atoms with Crippen LogP contribution in [0.5, 0.6) is 0 Å². The summed E-state index contributed by atoms with van der Waals surface area (Å²) in [5.41, 5.74) is 5.81. The van der Waals surface area contributed by atoms with Crippen molar-refractivity contribution in [3.63, 3.8) is 0 Å². The van der Waals surface area contributed by atoms with Crippen molar-refractivity contribution in [1.82, 2.24) is 15.2 Å². The number of hydrogen-bond acceptors (Lipinski definition) is 5. The maximum Gasteiger partial charge on any atom is 0.243 e. The van der Waals surface area contributed by atoms with Crippen LogP contribution in [-0.2, 0) is 0 Å². The quantitative estimate of drug-likeness (QED) is 0.488. The smallest absolute Gasteiger partial charge is 0.243 e. The Labute approximate surface area is 178 Å². The zero-order chi connectivity index (χ0) is 20.8. The van der Waals surface area contributed by atoms with Crippen LogP contribution in [0.15, 0.2) is 48.5 Å². The summed E-state index contributed by atoms with van der Waals surface area (Å²) in [6, 6.07) is 16.8. The van der Waals surface area contributed by atoms with E-state index in [4.69, 9.17) is 11.6 Å². The molecule has 0 bridgehead atoms. The molecule has 0 spiro atoms. The van der Waals surface area contributed by atoms with Crippen LogP contribution in [0.1, 0.15) is 27.7 Å². The highest BCUT2D eigenvalue weighted by molar-refractivity contribution is 6.28. The lowest BCUT2D eigenvalue weighted by Crippen LogP contribution is -2.21. The van der Waals surface area contributed by atoms with Crippen molar-refractivity contribution in [1.29, 1.82) is 0 Å². The molecule has 0 aliphatic heterocycles. The molecule has 29 heavy (non-hydrogen) atoms. The van der Waals surface area contributed by atoms with Crippen molar-refractivity contribution in [3.05, 3.63) is 53.8 Å². The first-order valence-corrected chi connectivity index (χ1v) is 10.6. The van der Waals surface area contributed by atoms with E-state index in [2.05, 4.69) is 101 Å². The monoisotopic (exact) mass is 409 g/mol. The highest BCUT2D eigenvalue weighted by Gasteiger charge is 2.14. The van der Waals surface area contributed by atoms with Crippen molar-refractivity contribution in [2.45, 2.75) is 27.7 Å². The third kappa shape index (κ3) is 4.67. The van der Waals surface area contributed by atoms with Crippen LogP contribution >= 0.6 is 11.6 Å². The van der Waals surface area contributed by atoms with Crippen molar-refractivity contribution in [3.8, 4) is 22.5 Å². The van der Waals surface area contributed by atoms with Crippen LogP contribution in [-0.4, -0.2) is 41.4 Å². The maximum absolute atomic E-state index is 6.09. The number of rotatable bonds is 8. The van der Waals surface area contributed by atoms with E-state index in [-0.39, 0.29) is 5.28 Å². The summed E-state index contributed by atoms with van der Waals surface area (Å²) in [4.78, 5) is 9.11. The molecule has 0 amide bonds. The molecular weight excluding hydrogens is 382 g/mol. The normalized spacial score (nSPS) is 10.8. The van der Waals surface area contributed by atoms with Gasteiger partial charge in [0.05, 0.1) is 0 Å². The van der Waals surface area contributed by atoms with Gasteiger partial charge in [0.1, 0.15) is 11.4 Å². The first-order chi connectivity index (χ1) is 14.1.